The van der Waals surface area contributed by atoms with Gasteiger partial charge in [0.15, 0.2) is 5.75 Å². The Labute approximate surface area is 161 Å². The third-order valence-electron chi connectivity index (χ3n) is 3.00. The molecule has 0 aromatic heterocycles. The highest BCUT2D eigenvalue weighted by atomic mass is 127. The van der Waals surface area contributed by atoms with Crippen LogP contribution in [-0.4, -0.2) is 17.7 Å². The standard InChI is InChI=1S/C15H15ClI2N2O2/c16-11-6-10(1-2-14(11)21)22-15-12(17)4-8(5-13(15)18)3-9(20)7-19/h1-2,4-6,9,21H,3,7,19-20H2/t9-/m0/s1. The van der Waals surface area contributed by atoms with E-state index in [-0.39, 0.29) is 16.8 Å². The summed E-state index contributed by atoms with van der Waals surface area (Å²) in [5.41, 5.74) is 12.6. The van der Waals surface area contributed by atoms with E-state index in [2.05, 4.69) is 45.2 Å². The van der Waals surface area contributed by atoms with E-state index in [1.807, 2.05) is 12.1 Å². The van der Waals surface area contributed by atoms with Crippen LogP contribution >= 0.6 is 56.8 Å². The Bertz CT molecular complexity index is 660. The molecule has 0 unspecified atom stereocenters. The van der Waals surface area contributed by atoms with Crippen LogP contribution in [0, 0.1) is 7.14 Å². The summed E-state index contributed by atoms with van der Waals surface area (Å²) in [6.45, 7) is 0.456. The maximum atomic E-state index is 9.45. The molecule has 22 heavy (non-hydrogen) atoms. The Balaban J connectivity index is 2.26. The van der Waals surface area contributed by atoms with E-state index in [0.29, 0.717) is 12.3 Å². The number of ether oxygens (including phenoxy) is 1. The molecule has 2 rings (SSSR count). The Morgan fingerprint density at radius 2 is 1.82 bits per heavy atom. The number of nitrogens with two attached hydrogens (primary N) is 2. The molecule has 7 heteroatoms. The first-order valence-electron chi connectivity index (χ1n) is 6.50. The first kappa shape index (κ1) is 18.1. The fraction of sp³-hybridized carbons (Fsp3) is 0.200. The van der Waals surface area contributed by atoms with Gasteiger partial charge in [-0.15, -0.1) is 0 Å². The van der Waals surface area contributed by atoms with Crippen molar-refractivity contribution < 1.29 is 9.84 Å². The highest BCUT2D eigenvalue weighted by Gasteiger charge is 2.12. The minimum absolute atomic E-state index is 0.0320. The fourth-order valence-corrected chi connectivity index (χ4v) is 4.17. The second-order valence-electron chi connectivity index (χ2n) is 4.80. The van der Waals surface area contributed by atoms with Gasteiger partial charge in [-0.05, 0) is 81.4 Å². The summed E-state index contributed by atoms with van der Waals surface area (Å²) < 4.78 is 7.85. The van der Waals surface area contributed by atoms with E-state index in [1.165, 1.54) is 6.07 Å². The second-order valence-corrected chi connectivity index (χ2v) is 7.54. The molecule has 0 aliphatic heterocycles. The van der Waals surface area contributed by atoms with Crippen molar-refractivity contribution >= 4 is 56.8 Å². The predicted molar refractivity (Wildman–Crippen MR) is 106 cm³/mol. The van der Waals surface area contributed by atoms with Gasteiger partial charge in [0.1, 0.15) is 11.5 Å². The highest BCUT2D eigenvalue weighted by molar-refractivity contribution is 14.1. The van der Waals surface area contributed by atoms with Crippen LogP contribution < -0.4 is 16.2 Å². The molecule has 0 aliphatic carbocycles. The lowest BCUT2D eigenvalue weighted by atomic mass is 10.1. The van der Waals surface area contributed by atoms with E-state index < -0.39 is 0 Å². The summed E-state index contributed by atoms with van der Waals surface area (Å²) >= 11 is 10.4. The topological polar surface area (TPSA) is 81.5 Å². The van der Waals surface area contributed by atoms with Gasteiger partial charge in [0.2, 0.25) is 0 Å². The highest BCUT2D eigenvalue weighted by Crippen LogP contribution is 2.35. The number of hydrogen-bond donors (Lipinski definition) is 3. The number of phenols is 1. The summed E-state index contributed by atoms with van der Waals surface area (Å²) in [5, 5.41) is 9.71. The Morgan fingerprint density at radius 1 is 1.18 bits per heavy atom. The molecule has 0 bridgehead atoms. The van der Waals surface area contributed by atoms with Crippen LogP contribution in [0.3, 0.4) is 0 Å². The van der Waals surface area contributed by atoms with Crippen molar-refractivity contribution in [2.45, 2.75) is 12.5 Å². The van der Waals surface area contributed by atoms with E-state index in [9.17, 15) is 5.11 Å². The molecule has 0 saturated carbocycles. The SMILES string of the molecule is NC[C@@H](N)Cc1cc(I)c(Oc2ccc(O)c(Cl)c2)c(I)c1. The molecule has 0 amide bonds. The zero-order valence-electron chi connectivity index (χ0n) is 11.5. The van der Waals surface area contributed by atoms with Crippen molar-refractivity contribution in [1.29, 1.82) is 0 Å². The molecule has 0 fully saturated rings. The van der Waals surface area contributed by atoms with Gasteiger partial charge in [0.25, 0.3) is 0 Å². The van der Waals surface area contributed by atoms with Gasteiger partial charge >= 0.3 is 0 Å². The minimum Gasteiger partial charge on any atom is -0.506 e. The molecule has 4 nitrogen and oxygen atoms in total. The Morgan fingerprint density at radius 3 is 2.36 bits per heavy atom. The summed E-state index contributed by atoms with van der Waals surface area (Å²) in [7, 11) is 0. The quantitative estimate of drug-likeness (QED) is 0.500. The monoisotopic (exact) mass is 544 g/mol. The van der Waals surface area contributed by atoms with Crippen LogP contribution in [0.15, 0.2) is 30.3 Å². The average molecular weight is 545 g/mol. The summed E-state index contributed by atoms with van der Waals surface area (Å²) in [6, 6.07) is 8.79. The normalized spacial score (nSPS) is 12.2. The summed E-state index contributed by atoms with van der Waals surface area (Å²) in [6.07, 6.45) is 0.730. The number of halogens is 3. The van der Waals surface area contributed by atoms with Crippen LogP contribution in [0.5, 0.6) is 17.2 Å². The lowest BCUT2D eigenvalue weighted by Crippen LogP contribution is -2.31. The van der Waals surface area contributed by atoms with E-state index in [1.54, 1.807) is 12.1 Å². The van der Waals surface area contributed by atoms with Crippen molar-refractivity contribution in [3.05, 3.63) is 48.1 Å². The maximum absolute atomic E-state index is 9.45. The zero-order valence-corrected chi connectivity index (χ0v) is 16.6. The molecule has 2 aromatic rings. The number of benzene rings is 2. The van der Waals surface area contributed by atoms with Crippen LogP contribution in [0.4, 0.5) is 0 Å². The van der Waals surface area contributed by atoms with Crippen molar-refractivity contribution in [3.63, 3.8) is 0 Å². The molecule has 118 valence electrons. The van der Waals surface area contributed by atoms with Gasteiger partial charge in [0, 0.05) is 18.7 Å². The van der Waals surface area contributed by atoms with Crippen LogP contribution in [-0.2, 0) is 6.42 Å². The summed E-state index contributed by atoms with van der Waals surface area (Å²) in [4.78, 5) is 0. The smallest absolute Gasteiger partial charge is 0.154 e. The molecule has 1 atom stereocenters. The third kappa shape index (κ3) is 4.60. The Hall–Kier alpha value is -0.290. The average Bonchev–Trinajstić information content (AvgIpc) is 2.46. The molecule has 0 saturated heterocycles. The second kappa shape index (κ2) is 8.00. The molecule has 0 radical (unpaired) electrons. The Kier molecular flexibility index (Phi) is 6.57. The molecule has 0 spiro atoms. The van der Waals surface area contributed by atoms with Gasteiger partial charge in [0.05, 0.1) is 12.2 Å². The largest absolute Gasteiger partial charge is 0.506 e. The van der Waals surface area contributed by atoms with E-state index in [4.69, 9.17) is 27.8 Å². The van der Waals surface area contributed by atoms with Gasteiger partial charge in [-0.25, -0.2) is 0 Å². The third-order valence-corrected chi connectivity index (χ3v) is 4.90. The van der Waals surface area contributed by atoms with Crippen molar-refractivity contribution in [2.75, 3.05) is 6.54 Å². The minimum atomic E-state index is -0.0470. The fourth-order valence-electron chi connectivity index (χ4n) is 1.88. The van der Waals surface area contributed by atoms with Crippen molar-refractivity contribution in [3.8, 4) is 17.2 Å². The van der Waals surface area contributed by atoms with E-state index >= 15 is 0 Å². The number of rotatable bonds is 5. The van der Waals surface area contributed by atoms with Crippen LogP contribution in [0.2, 0.25) is 5.02 Å². The number of aromatic hydroxyl groups is 1. The van der Waals surface area contributed by atoms with Gasteiger partial charge in [-0.2, -0.15) is 0 Å². The predicted octanol–water partition coefficient (Wildman–Crippen LogP) is 3.88. The lowest BCUT2D eigenvalue weighted by molar-refractivity contribution is 0.461. The van der Waals surface area contributed by atoms with Crippen molar-refractivity contribution in [1.82, 2.24) is 0 Å². The van der Waals surface area contributed by atoms with Gasteiger partial charge in [-0.3, -0.25) is 0 Å². The maximum Gasteiger partial charge on any atom is 0.154 e. The summed E-state index contributed by atoms with van der Waals surface area (Å²) in [5.74, 6) is 1.36. The molecule has 5 N–H and O–H groups in total. The molecule has 2 aromatic carbocycles. The number of phenolic OH excluding ortho intramolecular Hbond substituents is 1. The molecular weight excluding hydrogens is 529 g/mol. The van der Waals surface area contributed by atoms with E-state index in [0.717, 1.165) is 24.9 Å². The lowest BCUT2D eigenvalue weighted by Gasteiger charge is -2.14. The number of hydrogen-bond acceptors (Lipinski definition) is 4. The molecule has 0 heterocycles. The molecular formula is C15H15ClI2N2O2. The first-order chi connectivity index (χ1) is 10.4. The van der Waals surface area contributed by atoms with Crippen LogP contribution in [0.25, 0.3) is 0 Å². The van der Waals surface area contributed by atoms with Crippen molar-refractivity contribution in [2.24, 2.45) is 11.5 Å². The van der Waals surface area contributed by atoms with Gasteiger partial charge < -0.3 is 21.3 Å². The zero-order chi connectivity index (χ0) is 16.3. The first-order valence-corrected chi connectivity index (χ1v) is 9.04. The van der Waals surface area contributed by atoms with Crippen LogP contribution in [0.1, 0.15) is 5.56 Å². The molecule has 0 aliphatic rings. The van der Waals surface area contributed by atoms with Gasteiger partial charge in [-0.1, -0.05) is 11.6 Å².